The summed E-state index contributed by atoms with van der Waals surface area (Å²) in [5, 5.41) is 1.37. The summed E-state index contributed by atoms with van der Waals surface area (Å²) in [5.41, 5.74) is 4.08. The molecular formula is C22H32N4O. The highest BCUT2D eigenvalue weighted by Crippen LogP contribution is 2.23. The van der Waals surface area contributed by atoms with E-state index in [9.17, 15) is 0 Å². The Morgan fingerprint density at radius 3 is 2.63 bits per heavy atom. The molecule has 0 bridgehead atoms. The third-order valence-electron chi connectivity index (χ3n) is 6.55. The second-order valence-electron chi connectivity index (χ2n) is 8.53. The van der Waals surface area contributed by atoms with Crippen molar-refractivity contribution in [2.45, 2.75) is 38.4 Å². The molecule has 0 amide bonds. The van der Waals surface area contributed by atoms with E-state index in [0.29, 0.717) is 0 Å². The number of H-pyrrole nitrogens is 1. The molecule has 1 unspecified atom stereocenters. The van der Waals surface area contributed by atoms with E-state index in [1.165, 1.54) is 67.6 Å². The van der Waals surface area contributed by atoms with E-state index >= 15 is 0 Å². The summed E-state index contributed by atoms with van der Waals surface area (Å²) >= 11 is 0. The van der Waals surface area contributed by atoms with Crippen LogP contribution >= 0.6 is 0 Å². The molecule has 5 rings (SSSR count). The minimum Gasteiger partial charge on any atom is -0.379 e. The molecule has 2 aromatic rings. The molecule has 3 saturated heterocycles. The molecule has 0 saturated carbocycles. The van der Waals surface area contributed by atoms with E-state index in [-0.39, 0.29) is 0 Å². The predicted molar refractivity (Wildman–Crippen MR) is 109 cm³/mol. The summed E-state index contributed by atoms with van der Waals surface area (Å²) in [6.07, 6.45) is 4.00. The number of nitrogens with zero attached hydrogens (tertiary/aromatic N) is 3. The Morgan fingerprint density at radius 1 is 0.926 bits per heavy atom. The fraction of sp³-hybridized carbons (Fsp3) is 0.636. The third kappa shape index (κ3) is 4.06. The van der Waals surface area contributed by atoms with Crippen LogP contribution in [-0.4, -0.2) is 78.2 Å². The zero-order chi connectivity index (χ0) is 18.1. The molecule has 1 N–H and O–H groups in total. The lowest BCUT2D eigenvalue weighted by atomic mass is 10.1. The van der Waals surface area contributed by atoms with Gasteiger partial charge in [-0.15, -0.1) is 0 Å². The Bertz CT molecular complexity index is 761. The second-order valence-corrected chi connectivity index (χ2v) is 8.53. The van der Waals surface area contributed by atoms with Gasteiger partial charge < -0.3 is 9.72 Å². The highest BCUT2D eigenvalue weighted by molar-refractivity contribution is 5.81. The van der Waals surface area contributed by atoms with E-state index in [4.69, 9.17) is 4.74 Å². The van der Waals surface area contributed by atoms with Crippen LogP contribution in [0.25, 0.3) is 10.9 Å². The van der Waals surface area contributed by atoms with E-state index in [2.05, 4.69) is 43.9 Å². The monoisotopic (exact) mass is 368 g/mol. The third-order valence-corrected chi connectivity index (χ3v) is 6.55. The van der Waals surface area contributed by atoms with Gasteiger partial charge in [-0.25, -0.2) is 0 Å². The van der Waals surface area contributed by atoms with Gasteiger partial charge in [0.15, 0.2) is 0 Å². The Balaban J connectivity index is 1.21. The summed E-state index contributed by atoms with van der Waals surface area (Å²) in [6, 6.07) is 10.0. The molecule has 4 heterocycles. The minimum atomic E-state index is 0.719. The number of benzene rings is 1. The van der Waals surface area contributed by atoms with Crippen molar-refractivity contribution in [1.29, 1.82) is 0 Å². The lowest BCUT2D eigenvalue weighted by molar-refractivity contribution is 0.0184. The van der Waals surface area contributed by atoms with Crippen LogP contribution in [0.3, 0.4) is 0 Å². The van der Waals surface area contributed by atoms with Crippen LogP contribution in [0.15, 0.2) is 24.3 Å². The number of fused-ring (bicyclic) bond motifs is 1. The van der Waals surface area contributed by atoms with E-state index < -0.39 is 0 Å². The molecule has 146 valence electrons. The molecular weight excluding hydrogens is 336 g/mol. The van der Waals surface area contributed by atoms with Crippen LogP contribution in [-0.2, 0) is 17.8 Å². The van der Waals surface area contributed by atoms with Crippen LogP contribution in [0.4, 0.5) is 0 Å². The van der Waals surface area contributed by atoms with E-state index in [0.717, 1.165) is 45.4 Å². The molecule has 3 fully saturated rings. The van der Waals surface area contributed by atoms with Crippen molar-refractivity contribution in [3.63, 3.8) is 0 Å². The van der Waals surface area contributed by atoms with E-state index in [1.54, 1.807) is 0 Å². The van der Waals surface area contributed by atoms with Gasteiger partial charge in [0.05, 0.1) is 13.2 Å². The SMILES string of the molecule is c1cc2[nH]c(CN3CCCC3)cc2cc1CN1CCC(N2CCOCC2)C1. The quantitative estimate of drug-likeness (QED) is 0.880. The van der Waals surface area contributed by atoms with Gasteiger partial charge in [0, 0.05) is 61.9 Å². The van der Waals surface area contributed by atoms with Gasteiger partial charge in [0.1, 0.15) is 0 Å². The summed E-state index contributed by atoms with van der Waals surface area (Å²) in [7, 11) is 0. The van der Waals surface area contributed by atoms with Crippen LogP contribution in [0, 0.1) is 0 Å². The zero-order valence-corrected chi connectivity index (χ0v) is 16.3. The number of morpholine rings is 1. The summed E-state index contributed by atoms with van der Waals surface area (Å²) in [6.45, 7) is 11.1. The zero-order valence-electron chi connectivity index (χ0n) is 16.3. The summed E-state index contributed by atoms with van der Waals surface area (Å²) in [5.74, 6) is 0. The van der Waals surface area contributed by atoms with Crippen LogP contribution in [0.2, 0.25) is 0 Å². The van der Waals surface area contributed by atoms with Crippen molar-refractivity contribution in [2.75, 3.05) is 52.5 Å². The number of hydrogen-bond donors (Lipinski definition) is 1. The lowest BCUT2D eigenvalue weighted by Crippen LogP contribution is -2.44. The first-order valence-corrected chi connectivity index (χ1v) is 10.7. The lowest BCUT2D eigenvalue weighted by Gasteiger charge is -2.32. The first-order valence-electron chi connectivity index (χ1n) is 10.7. The smallest absolute Gasteiger partial charge is 0.0594 e. The second kappa shape index (κ2) is 7.92. The van der Waals surface area contributed by atoms with Crippen LogP contribution < -0.4 is 0 Å². The molecule has 1 atom stereocenters. The summed E-state index contributed by atoms with van der Waals surface area (Å²) < 4.78 is 5.51. The first-order chi connectivity index (χ1) is 13.3. The van der Waals surface area contributed by atoms with Crippen molar-refractivity contribution in [1.82, 2.24) is 19.7 Å². The number of ether oxygens (including phenoxy) is 1. The Labute approximate surface area is 162 Å². The number of rotatable bonds is 5. The van der Waals surface area contributed by atoms with Gasteiger partial charge in [-0.05, 0) is 56.1 Å². The maximum atomic E-state index is 5.51. The number of aromatic amines is 1. The van der Waals surface area contributed by atoms with Gasteiger partial charge in [0.2, 0.25) is 0 Å². The maximum Gasteiger partial charge on any atom is 0.0594 e. The molecule has 1 aromatic heterocycles. The molecule has 3 aliphatic heterocycles. The first kappa shape index (κ1) is 17.7. The van der Waals surface area contributed by atoms with Crippen molar-refractivity contribution >= 4 is 10.9 Å². The molecule has 1 aromatic carbocycles. The van der Waals surface area contributed by atoms with Gasteiger partial charge in [-0.3, -0.25) is 14.7 Å². The Kier molecular flexibility index (Phi) is 5.18. The van der Waals surface area contributed by atoms with Gasteiger partial charge in [-0.1, -0.05) is 6.07 Å². The molecule has 0 aliphatic carbocycles. The number of likely N-dealkylation sites (tertiary alicyclic amines) is 2. The van der Waals surface area contributed by atoms with Crippen LogP contribution in [0.5, 0.6) is 0 Å². The number of nitrogens with one attached hydrogen (secondary N) is 1. The Morgan fingerprint density at radius 2 is 1.78 bits per heavy atom. The minimum absolute atomic E-state index is 0.719. The molecule has 3 aliphatic rings. The largest absolute Gasteiger partial charge is 0.379 e. The van der Waals surface area contributed by atoms with Gasteiger partial charge in [-0.2, -0.15) is 0 Å². The average Bonchev–Trinajstić information content (AvgIpc) is 3.43. The normalized spacial score (nSPS) is 25.7. The Hall–Kier alpha value is -1.40. The highest BCUT2D eigenvalue weighted by atomic mass is 16.5. The van der Waals surface area contributed by atoms with E-state index in [1.807, 2.05) is 0 Å². The average molecular weight is 369 g/mol. The van der Waals surface area contributed by atoms with Gasteiger partial charge in [0.25, 0.3) is 0 Å². The number of aromatic nitrogens is 1. The fourth-order valence-electron chi connectivity index (χ4n) is 5.06. The molecule has 0 spiro atoms. The topological polar surface area (TPSA) is 34.7 Å². The summed E-state index contributed by atoms with van der Waals surface area (Å²) in [4.78, 5) is 11.4. The van der Waals surface area contributed by atoms with Crippen LogP contribution in [0.1, 0.15) is 30.5 Å². The molecule has 0 radical (unpaired) electrons. The van der Waals surface area contributed by atoms with Crippen molar-refractivity contribution in [3.05, 3.63) is 35.5 Å². The molecule has 5 nitrogen and oxygen atoms in total. The maximum absolute atomic E-state index is 5.51. The van der Waals surface area contributed by atoms with Crippen molar-refractivity contribution in [2.24, 2.45) is 0 Å². The molecule has 27 heavy (non-hydrogen) atoms. The predicted octanol–water partition coefficient (Wildman–Crippen LogP) is 2.67. The fourth-order valence-corrected chi connectivity index (χ4v) is 5.06. The standard InChI is InChI=1S/C22H32N4O/c1-2-7-24(6-1)16-20-14-19-13-18(3-4-22(19)23-20)15-25-8-5-21(17-25)26-9-11-27-12-10-26/h3-4,13-14,21,23H,1-2,5-12,15-17H2. The molecule has 5 heteroatoms. The van der Waals surface area contributed by atoms with Crippen molar-refractivity contribution in [3.8, 4) is 0 Å². The highest BCUT2D eigenvalue weighted by Gasteiger charge is 2.28. The van der Waals surface area contributed by atoms with Crippen molar-refractivity contribution < 1.29 is 4.74 Å². The van der Waals surface area contributed by atoms with Gasteiger partial charge >= 0.3 is 0 Å². The number of hydrogen-bond acceptors (Lipinski definition) is 4.